The number of hydrogen-bond acceptors (Lipinski definition) is 5. The summed E-state index contributed by atoms with van der Waals surface area (Å²) >= 11 is 2.89. The van der Waals surface area contributed by atoms with Crippen molar-refractivity contribution in [1.29, 1.82) is 0 Å². The molecule has 3 aromatic rings. The first-order valence-corrected chi connectivity index (χ1v) is 11.9. The maximum atomic E-state index is 13.1. The van der Waals surface area contributed by atoms with Crippen molar-refractivity contribution < 1.29 is 14.0 Å². The Hall–Kier alpha value is -2.71. The van der Waals surface area contributed by atoms with Crippen LogP contribution in [0.1, 0.15) is 12.8 Å². The lowest BCUT2D eigenvalue weighted by atomic mass is 9.96. The van der Waals surface area contributed by atoms with Crippen LogP contribution < -0.4 is 5.32 Å². The van der Waals surface area contributed by atoms with Crippen LogP contribution in [0.4, 0.5) is 10.1 Å². The van der Waals surface area contributed by atoms with Gasteiger partial charge < -0.3 is 10.2 Å². The smallest absolute Gasteiger partial charge is 0.233 e. The molecule has 2 heterocycles. The first-order chi connectivity index (χ1) is 15.1. The van der Waals surface area contributed by atoms with E-state index in [0.717, 1.165) is 21.3 Å². The predicted molar refractivity (Wildman–Crippen MR) is 123 cm³/mol. The van der Waals surface area contributed by atoms with Crippen LogP contribution in [-0.4, -0.2) is 40.5 Å². The number of piperidine rings is 1. The molecule has 8 heteroatoms. The zero-order chi connectivity index (χ0) is 21.6. The zero-order valence-electron chi connectivity index (χ0n) is 16.8. The summed E-state index contributed by atoms with van der Waals surface area (Å²) in [5.41, 5.74) is 2.43. The second-order valence-corrected chi connectivity index (χ2v) is 9.39. The van der Waals surface area contributed by atoms with Crippen molar-refractivity contribution in [2.75, 3.05) is 24.2 Å². The predicted octanol–water partition coefficient (Wildman–Crippen LogP) is 4.92. The molecule has 31 heavy (non-hydrogen) atoms. The van der Waals surface area contributed by atoms with Gasteiger partial charge in [-0.05, 0) is 49.2 Å². The number of para-hydroxylation sites is 1. The molecule has 160 valence electrons. The van der Waals surface area contributed by atoms with E-state index in [0.29, 0.717) is 31.7 Å². The number of thioether (sulfide) groups is 1. The normalized spacial score (nSPS) is 14.4. The van der Waals surface area contributed by atoms with E-state index >= 15 is 0 Å². The molecule has 0 aliphatic carbocycles. The molecule has 1 aromatic heterocycles. The molecule has 0 saturated carbocycles. The van der Waals surface area contributed by atoms with Crippen LogP contribution >= 0.6 is 23.1 Å². The van der Waals surface area contributed by atoms with E-state index in [-0.39, 0.29) is 23.5 Å². The third-order valence-electron chi connectivity index (χ3n) is 5.20. The maximum absolute atomic E-state index is 13.1. The van der Waals surface area contributed by atoms with Crippen molar-refractivity contribution in [3.63, 3.8) is 0 Å². The van der Waals surface area contributed by atoms with Crippen LogP contribution in [0.5, 0.6) is 0 Å². The summed E-state index contributed by atoms with van der Waals surface area (Å²) in [4.78, 5) is 31.4. The molecule has 2 amide bonds. The monoisotopic (exact) mass is 455 g/mol. The van der Waals surface area contributed by atoms with Gasteiger partial charge >= 0.3 is 0 Å². The van der Waals surface area contributed by atoms with Crippen LogP contribution in [0, 0.1) is 11.7 Å². The van der Waals surface area contributed by atoms with Crippen LogP contribution in [-0.2, 0) is 9.59 Å². The minimum atomic E-state index is -0.277. The fraction of sp³-hybridized carbons (Fsp3) is 0.261. The Bertz CT molecular complexity index is 1030. The second-order valence-electron chi connectivity index (χ2n) is 7.30. The van der Waals surface area contributed by atoms with Gasteiger partial charge in [0.2, 0.25) is 11.8 Å². The number of aromatic nitrogens is 1. The Balaban J connectivity index is 1.23. The standard InChI is InChI=1S/C23H22FN3O2S2/c24-18-8-6-16(7-9-18)20-14-30-23(26-20)31-15-21(28)27-12-10-17(11-13-27)22(29)25-19-4-2-1-3-5-19/h1-9,14,17H,10-13,15H2,(H,25,29). The van der Waals surface area contributed by atoms with E-state index in [1.54, 1.807) is 12.1 Å². The first-order valence-electron chi connectivity index (χ1n) is 10.1. The number of carbonyl (C=O) groups is 2. The van der Waals surface area contributed by atoms with Gasteiger partial charge in [-0.1, -0.05) is 30.0 Å². The van der Waals surface area contributed by atoms with Gasteiger partial charge in [-0.25, -0.2) is 9.37 Å². The SMILES string of the molecule is O=C(Nc1ccccc1)C1CCN(C(=O)CSc2nc(-c3ccc(F)cc3)cs2)CC1. The summed E-state index contributed by atoms with van der Waals surface area (Å²) < 4.78 is 13.9. The van der Waals surface area contributed by atoms with E-state index < -0.39 is 0 Å². The van der Waals surface area contributed by atoms with Gasteiger partial charge in [0, 0.05) is 35.6 Å². The van der Waals surface area contributed by atoms with Gasteiger partial charge in [0.05, 0.1) is 11.4 Å². The van der Waals surface area contributed by atoms with E-state index in [4.69, 9.17) is 0 Å². The fourth-order valence-corrected chi connectivity index (χ4v) is 5.19. The lowest BCUT2D eigenvalue weighted by molar-refractivity contribution is -0.132. The Labute approximate surface area is 188 Å². The van der Waals surface area contributed by atoms with Crippen molar-refractivity contribution in [2.24, 2.45) is 5.92 Å². The molecule has 1 saturated heterocycles. The number of rotatable bonds is 6. The summed E-state index contributed by atoms with van der Waals surface area (Å²) in [5, 5.41) is 4.86. The maximum Gasteiger partial charge on any atom is 0.233 e. The highest BCUT2D eigenvalue weighted by molar-refractivity contribution is 8.01. The molecular formula is C23H22FN3O2S2. The molecule has 1 aliphatic heterocycles. The summed E-state index contributed by atoms with van der Waals surface area (Å²) in [6.07, 6.45) is 1.34. The minimum Gasteiger partial charge on any atom is -0.342 e. The molecule has 0 spiro atoms. The molecular weight excluding hydrogens is 433 g/mol. The number of amides is 2. The number of likely N-dealkylation sites (tertiary alicyclic amines) is 1. The van der Waals surface area contributed by atoms with Crippen molar-refractivity contribution in [3.8, 4) is 11.3 Å². The number of halogens is 1. The molecule has 1 aliphatic rings. The molecule has 0 unspecified atom stereocenters. The lowest BCUT2D eigenvalue weighted by Gasteiger charge is -2.31. The van der Waals surface area contributed by atoms with E-state index in [1.165, 1.54) is 35.2 Å². The first kappa shape index (κ1) is 21.5. The third-order valence-corrected chi connectivity index (χ3v) is 7.21. The average Bonchev–Trinajstić information content (AvgIpc) is 3.28. The highest BCUT2D eigenvalue weighted by Gasteiger charge is 2.27. The summed E-state index contributed by atoms with van der Waals surface area (Å²) in [6, 6.07) is 15.6. The summed E-state index contributed by atoms with van der Waals surface area (Å²) in [5.74, 6) is 0.0425. The van der Waals surface area contributed by atoms with E-state index in [2.05, 4.69) is 10.3 Å². The molecule has 1 fully saturated rings. The quantitative estimate of drug-likeness (QED) is 0.536. The second kappa shape index (κ2) is 10.1. The lowest BCUT2D eigenvalue weighted by Crippen LogP contribution is -2.42. The Kier molecular flexibility index (Phi) is 6.99. The number of benzene rings is 2. The van der Waals surface area contributed by atoms with Gasteiger partial charge in [-0.2, -0.15) is 0 Å². The number of carbonyl (C=O) groups excluding carboxylic acids is 2. The van der Waals surface area contributed by atoms with Gasteiger partial charge in [0.1, 0.15) is 5.82 Å². The van der Waals surface area contributed by atoms with Crippen LogP contribution in [0.25, 0.3) is 11.3 Å². The Morgan fingerprint density at radius 2 is 1.81 bits per heavy atom. The molecule has 2 aromatic carbocycles. The molecule has 0 radical (unpaired) electrons. The van der Waals surface area contributed by atoms with Crippen LogP contribution in [0.2, 0.25) is 0 Å². The number of anilines is 1. The average molecular weight is 456 g/mol. The highest BCUT2D eigenvalue weighted by Crippen LogP contribution is 2.29. The molecule has 0 atom stereocenters. The van der Waals surface area contributed by atoms with Gasteiger partial charge in [-0.3, -0.25) is 9.59 Å². The largest absolute Gasteiger partial charge is 0.342 e. The van der Waals surface area contributed by atoms with Gasteiger partial charge in [0.25, 0.3) is 0 Å². The Morgan fingerprint density at radius 1 is 1.10 bits per heavy atom. The van der Waals surface area contributed by atoms with E-state index in [1.807, 2.05) is 40.6 Å². The highest BCUT2D eigenvalue weighted by atomic mass is 32.2. The number of nitrogens with one attached hydrogen (secondary N) is 1. The minimum absolute atomic E-state index is 0.0174. The number of nitrogens with zero attached hydrogens (tertiary/aromatic N) is 2. The summed E-state index contributed by atoms with van der Waals surface area (Å²) in [7, 11) is 0. The van der Waals surface area contributed by atoms with Crippen LogP contribution in [0.15, 0.2) is 64.3 Å². The van der Waals surface area contributed by atoms with Gasteiger partial charge in [0.15, 0.2) is 4.34 Å². The number of thiazole rings is 1. The van der Waals surface area contributed by atoms with Crippen molar-refractivity contribution >= 4 is 40.6 Å². The van der Waals surface area contributed by atoms with Crippen LogP contribution in [0.3, 0.4) is 0 Å². The molecule has 1 N–H and O–H groups in total. The van der Waals surface area contributed by atoms with Gasteiger partial charge in [-0.15, -0.1) is 11.3 Å². The van der Waals surface area contributed by atoms with Crippen molar-refractivity contribution in [1.82, 2.24) is 9.88 Å². The number of hydrogen-bond donors (Lipinski definition) is 1. The summed E-state index contributed by atoms with van der Waals surface area (Å²) in [6.45, 7) is 1.18. The fourth-order valence-electron chi connectivity index (χ4n) is 3.45. The van der Waals surface area contributed by atoms with Crippen molar-refractivity contribution in [3.05, 3.63) is 65.8 Å². The third kappa shape index (κ3) is 5.71. The molecule has 4 rings (SSSR count). The molecule has 5 nitrogen and oxygen atoms in total. The molecule has 0 bridgehead atoms. The zero-order valence-corrected chi connectivity index (χ0v) is 18.4. The Morgan fingerprint density at radius 3 is 2.52 bits per heavy atom. The van der Waals surface area contributed by atoms with E-state index in [9.17, 15) is 14.0 Å². The van der Waals surface area contributed by atoms with Crippen molar-refractivity contribution in [2.45, 2.75) is 17.2 Å². The topological polar surface area (TPSA) is 62.3 Å².